The van der Waals surface area contributed by atoms with E-state index in [9.17, 15) is 4.79 Å². The Morgan fingerprint density at radius 2 is 1.92 bits per heavy atom. The molecule has 2 aromatic rings. The number of aromatic nitrogens is 2. The number of alkyl halides is 1. The molecule has 0 N–H and O–H groups in total. The predicted octanol–water partition coefficient (Wildman–Crippen LogP) is 4.65. The van der Waals surface area contributed by atoms with Crippen molar-refractivity contribution in [3.05, 3.63) is 48.3 Å². The first-order valence-corrected chi connectivity index (χ1v) is 10.3. The lowest BCUT2D eigenvalue weighted by Gasteiger charge is -2.58. The van der Waals surface area contributed by atoms with Crippen LogP contribution in [0.25, 0.3) is 5.69 Å². The molecule has 136 valence electrons. The molecule has 26 heavy (non-hydrogen) atoms. The van der Waals surface area contributed by atoms with Crippen molar-refractivity contribution in [2.75, 3.05) is 0 Å². The van der Waals surface area contributed by atoms with Gasteiger partial charge in [0.25, 0.3) is 0 Å². The van der Waals surface area contributed by atoms with E-state index in [4.69, 9.17) is 4.74 Å². The van der Waals surface area contributed by atoms with Crippen molar-refractivity contribution in [3.63, 3.8) is 0 Å². The summed E-state index contributed by atoms with van der Waals surface area (Å²) >= 11 is 3.97. The van der Waals surface area contributed by atoms with E-state index in [0.717, 1.165) is 30.5 Å². The Labute approximate surface area is 162 Å². The molecule has 4 fully saturated rings. The van der Waals surface area contributed by atoms with Gasteiger partial charge in [0.05, 0.1) is 11.1 Å². The molecule has 0 radical (unpaired) electrons. The van der Waals surface area contributed by atoms with Crippen molar-refractivity contribution in [2.24, 2.45) is 17.3 Å². The third kappa shape index (κ3) is 2.81. The van der Waals surface area contributed by atoms with Crippen LogP contribution in [0.5, 0.6) is 0 Å². The minimum atomic E-state index is -0.247. The maximum atomic E-state index is 13.0. The van der Waals surface area contributed by atoms with Gasteiger partial charge in [-0.2, -0.15) is 5.10 Å². The molecule has 6 rings (SSSR count). The van der Waals surface area contributed by atoms with E-state index in [1.807, 2.05) is 41.2 Å². The van der Waals surface area contributed by atoms with E-state index in [2.05, 4.69) is 21.0 Å². The van der Waals surface area contributed by atoms with Crippen LogP contribution in [0.4, 0.5) is 0 Å². The van der Waals surface area contributed by atoms with Gasteiger partial charge in [0.1, 0.15) is 6.61 Å². The van der Waals surface area contributed by atoms with Gasteiger partial charge in [-0.15, -0.1) is 0 Å². The number of nitrogens with zero attached hydrogens (tertiary/aromatic N) is 2. The van der Waals surface area contributed by atoms with Gasteiger partial charge >= 0.3 is 5.97 Å². The highest BCUT2D eigenvalue weighted by Crippen LogP contribution is 2.64. The first kappa shape index (κ1) is 16.5. The molecule has 0 saturated heterocycles. The van der Waals surface area contributed by atoms with Gasteiger partial charge in [0.15, 0.2) is 0 Å². The molecule has 4 bridgehead atoms. The number of halogens is 1. The Bertz CT molecular complexity index is 801. The zero-order chi connectivity index (χ0) is 17.8. The number of esters is 1. The highest BCUT2D eigenvalue weighted by atomic mass is 79.9. The minimum Gasteiger partial charge on any atom is -0.460 e. The van der Waals surface area contributed by atoms with E-state index in [1.165, 1.54) is 19.3 Å². The molecular weight excluding hydrogens is 392 g/mol. The fourth-order valence-electron chi connectivity index (χ4n) is 5.86. The van der Waals surface area contributed by atoms with Crippen molar-refractivity contribution in [1.82, 2.24) is 9.78 Å². The van der Waals surface area contributed by atoms with E-state index in [1.54, 1.807) is 6.20 Å². The van der Waals surface area contributed by atoms with Crippen molar-refractivity contribution in [2.45, 2.75) is 49.5 Å². The molecule has 1 aromatic heterocycles. The third-order valence-electron chi connectivity index (χ3n) is 6.50. The van der Waals surface area contributed by atoms with Gasteiger partial charge < -0.3 is 4.74 Å². The van der Waals surface area contributed by atoms with E-state index in [-0.39, 0.29) is 15.7 Å². The molecule has 0 amide bonds. The fraction of sp³-hybridized carbons (Fsp3) is 0.524. The molecule has 2 unspecified atom stereocenters. The lowest BCUT2D eigenvalue weighted by molar-refractivity contribution is -0.170. The lowest BCUT2D eigenvalue weighted by atomic mass is 9.49. The molecule has 0 aliphatic heterocycles. The van der Waals surface area contributed by atoms with Crippen molar-refractivity contribution in [1.29, 1.82) is 0 Å². The van der Waals surface area contributed by atoms with Crippen LogP contribution in [-0.4, -0.2) is 20.1 Å². The molecule has 0 spiro atoms. The summed E-state index contributed by atoms with van der Waals surface area (Å²) in [6.07, 6.45) is 10.4. The second-order valence-electron chi connectivity index (χ2n) is 8.59. The van der Waals surface area contributed by atoms with Crippen LogP contribution in [0.3, 0.4) is 0 Å². The number of rotatable bonds is 4. The molecule has 1 aromatic carbocycles. The molecule has 4 aliphatic rings. The first-order chi connectivity index (χ1) is 12.5. The molecule has 4 saturated carbocycles. The van der Waals surface area contributed by atoms with Gasteiger partial charge in [0, 0.05) is 16.7 Å². The van der Waals surface area contributed by atoms with Crippen LogP contribution in [-0.2, 0) is 16.1 Å². The summed E-state index contributed by atoms with van der Waals surface area (Å²) in [6.45, 7) is 0.352. The van der Waals surface area contributed by atoms with Gasteiger partial charge in [0.2, 0.25) is 0 Å². The van der Waals surface area contributed by atoms with Crippen molar-refractivity contribution in [3.8, 4) is 5.69 Å². The number of benzene rings is 1. The Balaban J connectivity index is 1.26. The third-order valence-corrected chi connectivity index (χ3v) is 7.43. The average molecular weight is 415 g/mol. The summed E-state index contributed by atoms with van der Waals surface area (Å²) in [6, 6.07) is 9.94. The van der Waals surface area contributed by atoms with E-state index >= 15 is 0 Å². The van der Waals surface area contributed by atoms with Gasteiger partial charge in [-0.3, -0.25) is 4.79 Å². The second-order valence-corrected chi connectivity index (χ2v) is 10.3. The Morgan fingerprint density at radius 1 is 1.19 bits per heavy atom. The Morgan fingerprint density at radius 3 is 2.54 bits per heavy atom. The molecule has 4 aliphatic carbocycles. The van der Waals surface area contributed by atoms with Crippen LogP contribution in [0.1, 0.15) is 44.1 Å². The Hall–Kier alpha value is -1.62. The number of hydrogen-bond donors (Lipinski definition) is 0. The molecule has 1 heterocycles. The molecule has 4 atom stereocenters. The number of ether oxygens (including phenoxy) is 1. The van der Waals surface area contributed by atoms with Crippen LogP contribution < -0.4 is 0 Å². The maximum absolute atomic E-state index is 13.0. The Kier molecular flexibility index (Phi) is 3.78. The highest BCUT2D eigenvalue weighted by molar-refractivity contribution is 9.10. The maximum Gasteiger partial charge on any atom is 0.312 e. The van der Waals surface area contributed by atoms with E-state index in [0.29, 0.717) is 18.4 Å². The standard InChI is InChI=1S/C21H23BrN2O2/c22-21-11-16-8-17(12-21)10-20(9-16,14-21)19(25)26-13-15-2-4-18(5-3-15)24-7-1-6-23-24/h1-7,16-17H,8-14H2/t16-,17+,20?,21?. The van der Waals surface area contributed by atoms with Crippen LogP contribution >= 0.6 is 15.9 Å². The van der Waals surface area contributed by atoms with Gasteiger partial charge in [-0.1, -0.05) is 28.1 Å². The molecule has 5 heteroatoms. The number of hydrogen-bond acceptors (Lipinski definition) is 3. The zero-order valence-corrected chi connectivity index (χ0v) is 16.3. The van der Waals surface area contributed by atoms with Crippen molar-refractivity contribution >= 4 is 21.9 Å². The van der Waals surface area contributed by atoms with Crippen LogP contribution in [0.15, 0.2) is 42.7 Å². The van der Waals surface area contributed by atoms with Gasteiger partial charge in [-0.05, 0) is 74.1 Å². The monoisotopic (exact) mass is 414 g/mol. The quantitative estimate of drug-likeness (QED) is 0.540. The van der Waals surface area contributed by atoms with Crippen LogP contribution in [0.2, 0.25) is 0 Å². The topological polar surface area (TPSA) is 44.1 Å². The summed E-state index contributed by atoms with van der Waals surface area (Å²) in [5, 5.41) is 4.23. The summed E-state index contributed by atoms with van der Waals surface area (Å²) in [5.41, 5.74) is 1.78. The van der Waals surface area contributed by atoms with Gasteiger partial charge in [-0.25, -0.2) is 4.68 Å². The highest BCUT2D eigenvalue weighted by Gasteiger charge is 2.60. The van der Waals surface area contributed by atoms with Crippen LogP contribution in [0, 0.1) is 17.3 Å². The van der Waals surface area contributed by atoms with E-state index < -0.39 is 0 Å². The number of carbonyl (C=O) groups is 1. The fourth-order valence-corrected chi connectivity index (χ4v) is 7.31. The SMILES string of the molecule is O=C(OCc1ccc(-n2cccn2)cc1)C12C[C@@H]3C[C@@H](CC(Br)(C3)C1)C2. The molecule has 4 nitrogen and oxygen atoms in total. The zero-order valence-electron chi connectivity index (χ0n) is 14.7. The number of carbonyl (C=O) groups excluding carboxylic acids is 1. The second kappa shape index (κ2) is 5.95. The summed E-state index contributed by atoms with van der Waals surface area (Å²) in [4.78, 5) is 13.0. The normalized spacial score (nSPS) is 34.8. The summed E-state index contributed by atoms with van der Waals surface area (Å²) in [7, 11) is 0. The first-order valence-electron chi connectivity index (χ1n) is 9.49. The average Bonchev–Trinajstić information content (AvgIpc) is 3.12. The lowest BCUT2D eigenvalue weighted by Crippen LogP contribution is -2.56. The summed E-state index contributed by atoms with van der Waals surface area (Å²) < 4.78 is 7.81. The van der Waals surface area contributed by atoms with Crippen molar-refractivity contribution < 1.29 is 9.53 Å². The predicted molar refractivity (Wildman–Crippen MR) is 102 cm³/mol. The summed E-state index contributed by atoms with van der Waals surface area (Å²) in [5.74, 6) is 1.40. The largest absolute Gasteiger partial charge is 0.460 e. The smallest absolute Gasteiger partial charge is 0.312 e. The molecular formula is C21H23BrN2O2. The minimum absolute atomic E-state index is 0.0200.